The molecular formula is C18H15NO5. The number of hydrogen-bond donors (Lipinski definition) is 0. The minimum atomic E-state index is -0.194. The van der Waals surface area contributed by atoms with E-state index in [0.717, 1.165) is 0 Å². The third-order valence-corrected chi connectivity index (χ3v) is 3.43. The number of fused-ring (bicyclic) bond motifs is 1. The first-order chi connectivity index (χ1) is 11.7. The maximum Gasteiger partial charge on any atom is 0.231 e. The summed E-state index contributed by atoms with van der Waals surface area (Å²) >= 11 is 0. The molecule has 0 spiro atoms. The zero-order valence-electron chi connectivity index (χ0n) is 13.1. The van der Waals surface area contributed by atoms with Crippen molar-refractivity contribution >= 4 is 5.78 Å². The Morgan fingerprint density at radius 3 is 2.75 bits per heavy atom. The maximum atomic E-state index is 12.3. The Hall–Kier alpha value is -3.20. The Balaban J connectivity index is 1.71. The van der Waals surface area contributed by atoms with Crippen LogP contribution in [0.25, 0.3) is 0 Å². The smallest absolute Gasteiger partial charge is 0.231 e. The molecule has 0 amide bonds. The van der Waals surface area contributed by atoms with E-state index in [4.69, 9.17) is 24.2 Å². The van der Waals surface area contributed by atoms with Crippen LogP contribution in [-0.2, 0) is 0 Å². The van der Waals surface area contributed by atoms with Crippen molar-refractivity contribution in [3.05, 3.63) is 47.5 Å². The Kier molecular flexibility index (Phi) is 4.52. The SMILES string of the molecule is CCOc1cc(C#N)ccc1OCC(=O)c1ccc2c(c1)OCO2. The van der Waals surface area contributed by atoms with Crippen LogP contribution in [-0.4, -0.2) is 25.8 Å². The van der Waals surface area contributed by atoms with Gasteiger partial charge in [0.1, 0.15) is 0 Å². The van der Waals surface area contributed by atoms with Crippen LogP contribution in [0.1, 0.15) is 22.8 Å². The number of ketones is 1. The van der Waals surface area contributed by atoms with Crippen molar-refractivity contribution in [2.24, 2.45) is 0 Å². The molecule has 1 heterocycles. The molecule has 1 aliphatic rings. The summed E-state index contributed by atoms with van der Waals surface area (Å²) in [6.07, 6.45) is 0. The fourth-order valence-electron chi connectivity index (χ4n) is 2.26. The lowest BCUT2D eigenvalue weighted by Crippen LogP contribution is -2.12. The largest absolute Gasteiger partial charge is 0.490 e. The lowest BCUT2D eigenvalue weighted by atomic mass is 10.1. The lowest BCUT2D eigenvalue weighted by molar-refractivity contribution is 0.0918. The first kappa shape index (κ1) is 15.7. The normalized spacial score (nSPS) is 11.7. The van der Waals surface area contributed by atoms with Gasteiger partial charge in [-0.25, -0.2) is 0 Å². The summed E-state index contributed by atoms with van der Waals surface area (Å²) in [5.74, 6) is 1.84. The van der Waals surface area contributed by atoms with Crippen LogP contribution in [0.3, 0.4) is 0 Å². The van der Waals surface area contributed by atoms with Crippen molar-refractivity contribution < 1.29 is 23.7 Å². The van der Waals surface area contributed by atoms with Crippen LogP contribution in [0.2, 0.25) is 0 Å². The molecule has 0 atom stereocenters. The first-order valence-corrected chi connectivity index (χ1v) is 7.44. The fraction of sp³-hybridized carbons (Fsp3) is 0.222. The molecule has 6 nitrogen and oxygen atoms in total. The van der Waals surface area contributed by atoms with Crippen molar-refractivity contribution in [3.8, 4) is 29.1 Å². The van der Waals surface area contributed by atoms with Gasteiger partial charge in [-0.1, -0.05) is 0 Å². The van der Waals surface area contributed by atoms with E-state index in [1.165, 1.54) is 0 Å². The van der Waals surface area contributed by atoms with E-state index in [1.54, 1.807) is 36.4 Å². The summed E-state index contributed by atoms with van der Waals surface area (Å²) in [5, 5.41) is 8.94. The highest BCUT2D eigenvalue weighted by molar-refractivity contribution is 5.97. The second kappa shape index (κ2) is 6.92. The number of hydrogen-bond acceptors (Lipinski definition) is 6. The fourth-order valence-corrected chi connectivity index (χ4v) is 2.26. The molecule has 1 aliphatic heterocycles. The molecule has 0 saturated carbocycles. The summed E-state index contributed by atoms with van der Waals surface area (Å²) in [4.78, 5) is 12.3. The van der Waals surface area contributed by atoms with Crippen LogP contribution in [0.5, 0.6) is 23.0 Å². The number of benzene rings is 2. The second-order valence-electron chi connectivity index (χ2n) is 4.99. The Morgan fingerprint density at radius 2 is 1.96 bits per heavy atom. The standard InChI is InChI=1S/C18H15NO5/c1-2-21-17-7-12(9-19)3-5-15(17)22-10-14(20)13-4-6-16-18(8-13)24-11-23-16/h3-8H,2,10-11H2,1H3. The van der Waals surface area contributed by atoms with Crippen LogP contribution in [0, 0.1) is 11.3 Å². The molecule has 24 heavy (non-hydrogen) atoms. The average Bonchev–Trinajstić information content (AvgIpc) is 3.08. The topological polar surface area (TPSA) is 77.8 Å². The molecule has 2 aromatic rings. The summed E-state index contributed by atoms with van der Waals surface area (Å²) < 4.78 is 21.5. The quantitative estimate of drug-likeness (QED) is 0.760. The molecule has 0 aliphatic carbocycles. The van der Waals surface area contributed by atoms with Crippen LogP contribution >= 0.6 is 0 Å². The maximum absolute atomic E-state index is 12.3. The number of nitrogens with zero attached hydrogens (tertiary/aromatic N) is 1. The van der Waals surface area contributed by atoms with Gasteiger partial charge in [-0.05, 0) is 37.3 Å². The number of rotatable bonds is 6. The monoisotopic (exact) mass is 325 g/mol. The summed E-state index contributed by atoms with van der Waals surface area (Å²) in [6, 6.07) is 11.9. The predicted octanol–water partition coefficient (Wildman–Crippen LogP) is 2.95. The highest BCUT2D eigenvalue weighted by Gasteiger charge is 2.17. The third-order valence-electron chi connectivity index (χ3n) is 3.43. The van der Waals surface area contributed by atoms with Crippen LogP contribution < -0.4 is 18.9 Å². The van der Waals surface area contributed by atoms with Crippen molar-refractivity contribution in [2.45, 2.75) is 6.92 Å². The van der Waals surface area contributed by atoms with E-state index in [1.807, 2.05) is 13.0 Å². The minimum Gasteiger partial charge on any atom is -0.490 e. The van der Waals surface area contributed by atoms with Gasteiger partial charge in [0.15, 0.2) is 35.4 Å². The van der Waals surface area contributed by atoms with Gasteiger partial charge >= 0.3 is 0 Å². The average molecular weight is 325 g/mol. The van der Waals surface area contributed by atoms with Gasteiger partial charge in [0.05, 0.1) is 18.2 Å². The molecular weight excluding hydrogens is 310 g/mol. The summed E-state index contributed by atoms with van der Waals surface area (Å²) in [7, 11) is 0. The van der Waals surface area contributed by atoms with Gasteiger partial charge in [-0.15, -0.1) is 0 Å². The van der Waals surface area contributed by atoms with Crippen LogP contribution in [0.4, 0.5) is 0 Å². The molecule has 0 aromatic heterocycles. The van der Waals surface area contributed by atoms with Gasteiger partial charge in [0.25, 0.3) is 0 Å². The first-order valence-electron chi connectivity index (χ1n) is 7.44. The molecule has 0 radical (unpaired) electrons. The summed E-state index contributed by atoms with van der Waals surface area (Å²) in [6.45, 7) is 2.28. The predicted molar refractivity (Wildman–Crippen MR) is 84.7 cm³/mol. The zero-order chi connectivity index (χ0) is 16.9. The molecule has 2 aromatic carbocycles. The number of nitriles is 1. The lowest BCUT2D eigenvalue weighted by Gasteiger charge is -2.11. The molecule has 122 valence electrons. The van der Waals surface area contributed by atoms with Gasteiger partial charge in [0, 0.05) is 11.6 Å². The molecule has 0 N–H and O–H groups in total. The van der Waals surface area contributed by atoms with E-state index in [2.05, 4.69) is 0 Å². The minimum absolute atomic E-state index is 0.147. The number of carbonyl (C=O) groups is 1. The highest BCUT2D eigenvalue weighted by Crippen LogP contribution is 2.33. The molecule has 0 unspecified atom stereocenters. The molecule has 0 fully saturated rings. The summed E-state index contributed by atoms with van der Waals surface area (Å²) in [5.41, 5.74) is 0.943. The van der Waals surface area contributed by atoms with E-state index in [-0.39, 0.29) is 19.2 Å². The van der Waals surface area contributed by atoms with E-state index in [0.29, 0.717) is 40.7 Å². The number of carbonyl (C=O) groups excluding carboxylic acids is 1. The second-order valence-corrected chi connectivity index (χ2v) is 4.99. The van der Waals surface area contributed by atoms with E-state index >= 15 is 0 Å². The van der Waals surface area contributed by atoms with E-state index in [9.17, 15) is 4.79 Å². The molecule has 3 rings (SSSR count). The van der Waals surface area contributed by atoms with Crippen molar-refractivity contribution in [1.29, 1.82) is 5.26 Å². The van der Waals surface area contributed by atoms with Gasteiger partial charge in [0.2, 0.25) is 6.79 Å². The van der Waals surface area contributed by atoms with Crippen molar-refractivity contribution in [1.82, 2.24) is 0 Å². The molecule has 0 saturated heterocycles. The zero-order valence-corrected chi connectivity index (χ0v) is 13.1. The molecule has 6 heteroatoms. The number of ether oxygens (including phenoxy) is 4. The number of Topliss-reactive ketones (excluding diaryl/α,β-unsaturated/α-hetero) is 1. The third kappa shape index (κ3) is 3.25. The van der Waals surface area contributed by atoms with Crippen LogP contribution in [0.15, 0.2) is 36.4 Å². The van der Waals surface area contributed by atoms with E-state index < -0.39 is 0 Å². The van der Waals surface area contributed by atoms with Gasteiger partial charge < -0.3 is 18.9 Å². The molecule has 0 bridgehead atoms. The van der Waals surface area contributed by atoms with Crippen molar-refractivity contribution in [2.75, 3.05) is 20.0 Å². The van der Waals surface area contributed by atoms with Gasteiger partial charge in [-0.3, -0.25) is 4.79 Å². The Morgan fingerprint density at radius 1 is 1.12 bits per heavy atom. The Bertz CT molecular complexity index is 810. The highest BCUT2D eigenvalue weighted by atomic mass is 16.7. The Labute approximate surface area is 139 Å². The van der Waals surface area contributed by atoms with Gasteiger partial charge in [-0.2, -0.15) is 5.26 Å². The van der Waals surface area contributed by atoms with Crippen molar-refractivity contribution in [3.63, 3.8) is 0 Å².